The van der Waals surface area contributed by atoms with Crippen LogP contribution in [0.2, 0.25) is 0 Å². The molecule has 2 N–H and O–H groups in total. The third-order valence-electron chi connectivity index (χ3n) is 4.88. The molecule has 0 saturated heterocycles. The molecule has 1 aliphatic heterocycles. The summed E-state index contributed by atoms with van der Waals surface area (Å²) in [6.45, 7) is 1.81. The van der Waals surface area contributed by atoms with Gasteiger partial charge in [0.25, 0.3) is 17.7 Å². The third kappa shape index (κ3) is 4.09. The van der Waals surface area contributed by atoms with Crippen LogP contribution in [-0.2, 0) is 4.79 Å². The Balaban J connectivity index is 1.42. The Hall–Kier alpha value is -4.20. The first-order valence-corrected chi connectivity index (χ1v) is 9.64. The monoisotopic (exact) mass is 417 g/mol. The SMILES string of the molecule is Cc1ccc(NC(=O)c2ccco2)c(NC(=O)CCN2C(=O)c3ccccc3C2=O)c1. The molecule has 2 heterocycles. The average molecular weight is 417 g/mol. The number of aryl methyl sites for hydroxylation is 1. The number of anilines is 2. The van der Waals surface area contributed by atoms with Crippen LogP contribution in [0, 0.1) is 6.92 Å². The first-order valence-electron chi connectivity index (χ1n) is 9.64. The highest BCUT2D eigenvalue weighted by Gasteiger charge is 2.35. The Morgan fingerprint density at radius 1 is 0.903 bits per heavy atom. The normalized spacial score (nSPS) is 12.6. The van der Waals surface area contributed by atoms with Gasteiger partial charge in [0.2, 0.25) is 5.91 Å². The molecule has 0 aliphatic carbocycles. The molecule has 0 unspecified atom stereocenters. The lowest BCUT2D eigenvalue weighted by molar-refractivity contribution is -0.116. The van der Waals surface area contributed by atoms with Crippen molar-refractivity contribution < 1.29 is 23.6 Å². The molecule has 0 atom stereocenters. The maximum Gasteiger partial charge on any atom is 0.291 e. The van der Waals surface area contributed by atoms with Crippen LogP contribution in [0.4, 0.5) is 11.4 Å². The fourth-order valence-electron chi connectivity index (χ4n) is 3.33. The molecule has 8 nitrogen and oxygen atoms in total. The second-order valence-electron chi connectivity index (χ2n) is 7.09. The predicted octanol–water partition coefficient (Wildman–Crippen LogP) is 3.47. The van der Waals surface area contributed by atoms with E-state index in [0.717, 1.165) is 10.5 Å². The number of nitrogens with one attached hydrogen (secondary N) is 2. The molecule has 1 aromatic heterocycles. The van der Waals surface area contributed by atoms with Crippen molar-refractivity contribution in [1.29, 1.82) is 0 Å². The van der Waals surface area contributed by atoms with E-state index in [1.165, 1.54) is 12.3 Å². The lowest BCUT2D eigenvalue weighted by atomic mass is 10.1. The zero-order chi connectivity index (χ0) is 22.0. The number of hydrogen-bond acceptors (Lipinski definition) is 5. The van der Waals surface area contributed by atoms with Crippen LogP contribution in [0.1, 0.15) is 43.3 Å². The van der Waals surface area contributed by atoms with Gasteiger partial charge in [-0.15, -0.1) is 0 Å². The van der Waals surface area contributed by atoms with Crippen molar-refractivity contribution in [3.8, 4) is 0 Å². The minimum absolute atomic E-state index is 0.0436. The molecule has 4 rings (SSSR count). The molecule has 31 heavy (non-hydrogen) atoms. The summed E-state index contributed by atoms with van der Waals surface area (Å²) in [4.78, 5) is 50.7. The molecular formula is C23H19N3O5. The predicted molar refractivity (Wildman–Crippen MR) is 113 cm³/mol. The number of furan rings is 1. The van der Waals surface area contributed by atoms with Crippen molar-refractivity contribution in [3.63, 3.8) is 0 Å². The van der Waals surface area contributed by atoms with Gasteiger partial charge in [0.05, 0.1) is 28.8 Å². The Kier molecular flexibility index (Phi) is 5.36. The Morgan fingerprint density at radius 3 is 2.26 bits per heavy atom. The van der Waals surface area contributed by atoms with Crippen molar-refractivity contribution in [3.05, 3.63) is 83.3 Å². The van der Waals surface area contributed by atoms with E-state index in [0.29, 0.717) is 22.5 Å². The first kappa shape index (κ1) is 20.1. The van der Waals surface area contributed by atoms with Crippen LogP contribution in [0.25, 0.3) is 0 Å². The fourth-order valence-corrected chi connectivity index (χ4v) is 3.33. The van der Waals surface area contributed by atoms with E-state index in [1.807, 2.05) is 6.92 Å². The maximum atomic E-state index is 12.5. The highest BCUT2D eigenvalue weighted by Crippen LogP contribution is 2.25. The number of carbonyl (C=O) groups excluding carboxylic acids is 4. The summed E-state index contributed by atoms with van der Waals surface area (Å²) < 4.78 is 5.09. The van der Waals surface area contributed by atoms with Gasteiger partial charge in [0.1, 0.15) is 0 Å². The fraction of sp³-hybridized carbons (Fsp3) is 0.130. The Morgan fingerprint density at radius 2 is 1.61 bits per heavy atom. The van der Waals surface area contributed by atoms with Crippen molar-refractivity contribution in [2.75, 3.05) is 17.2 Å². The quantitative estimate of drug-likeness (QED) is 0.597. The molecule has 4 amide bonds. The molecule has 0 fully saturated rings. The lowest BCUT2D eigenvalue weighted by Gasteiger charge is -2.15. The highest BCUT2D eigenvalue weighted by atomic mass is 16.3. The summed E-state index contributed by atoms with van der Waals surface area (Å²) in [6, 6.07) is 14.9. The maximum absolute atomic E-state index is 12.5. The van der Waals surface area contributed by atoms with Crippen molar-refractivity contribution in [2.24, 2.45) is 0 Å². The number of rotatable bonds is 6. The average Bonchev–Trinajstić information content (AvgIpc) is 3.37. The molecule has 156 valence electrons. The van der Waals surface area contributed by atoms with Crippen LogP contribution in [0.3, 0.4) is 0 Å². The van der Waals surface area contributed by atoms with Crippen molar-refractivity contribution in [2.45, 2.75) is 13.3 Å². The minimum Gasteiger partial charge on any atom is -0.459 e. The van der Waals surface area contributed by atoms with Gasteiger partial charge in [-0.25, -0.2) is 0 Å². The molecule has 0 radical (unpaired) electrons. The molecular weight excluding hydrogens is 398 g/mol. The summed E-state index contributed by atoms with van der Waals surface area (Å²) in [6.07, 6.45) is 1.32. The largest absolute Gasteiger partial charge is 0.459 e. The number of hydrogen-bond donors (Lipinski definition) is 2. The number of nitrogens with zero attached hydrogens (tertiary/aromatic N) is 1. The number of benzene rings is 2. The number of fused-ring (bicyclic) bond motifs is 1. The summed E-state index contributed by atoms with van der Waals surface area (Å²) in [5, 5.41) is 5.45. The van der Waals surface area contributed by atoms with Gasteiger partial charge in [-0.05, 0) is 48.9 Å². The summed E-state index contributed by atoms with van der Waals surface area (Å²) in [5.41, 5.74) is 2.38. The first-order chi connectivity index (χ1) is 14.9. The molecule has 0 bridgehead atoms. The van der Waals surface area contributed by atoms with E-state index in [4.69, 9.17) is 4.42 Å². The Bertz CT molecular complexity index is 1150. The van der Waals surface area contributed by atoms with Gasteiger partial charge in [0, 0.05) is 13.0 Å². The second kappa shape index (κ2) is 8.27. The van der Waals surface area contributed by atoms with Crippen LogP contribution >= 0.6 is 0 Å². The van der Waals surface area contributed by atoms with Crippen molar-refractivity contribution >= 4 is 35.0 Å². The summed E-state index contributed by atoms with van der Waals surface area (Å²) in [7, 11) is 0. The second-order valence-corrected chi connectivity index (χ2v) is 7.09. The number of amides is 4. The minimum atomic E-state index is -0.449. The van der Waals surface area contributed by atoms with E-state index in [9.17, 15) is 19.2 Å². The van der Waals surface area contributed by atoms with Crippen LogP contribution < -0.4 is 10.6 Å². The standard InChI is InChI=1S/C23H19N3O5/c1-14-8-9-17(25-21(28)19-7-4-12-31-19)18(13-14)24-20(27)10-11-26-22(29)15-5-2-3-6-16(15)23(26)30/h2-9,12-13H,10-11H2,1H3,(H,24,27)(H,25,28). The van der Waals surface area contributed by atoms with Gasteiger partial charge < -0.3 is 15.1 Å². The smallest absolute Gasteiger partial charge is 0.291 e. The summed E-state index contributed by atoms with van der Waals surface area (Å²) >= 11 is 0. The van der Waals surface area contributed by atoms with E-state index in [2.05, 4.69) is 10.6 Å². The number of carbonyl (C=O) groups is 4. The van der Waals surface area contributed by atoms with Crippen LogP contribution in [0.15, 0.2) is 65.3 Å². The van der Waals surface area contributed by atoms with E-state index >= 15 is 0 Å². The van der Waals surface area contributed by atoms with Crippen molar-refractivity contribution in [1.82, 2.24) is 4.90 Å². The lowest BCUT2D eigenvalue weighted by Crippen LogP contribution is -2.33. The zero-order valence-corrected chi connectivity index (χ0v) is 16.7. The van der Waals surface area contributed by atoms with Gasteiger partial charge in [0.15, 0.2) is 5.76 Å². The molecule has 0 spiro atoms. The highest BCUT2D eigenvalue weighted by molar-refractivity contribution is 6.21. The molecule has 0 saturated carbocycles. The zero-order valence-electron chi connectivity index (χ0n) is 16.7. The number of imide groups is 1. The molecule has 2 aromatic carbocycles. The third-order valence-corrected chi connectivity index (χ3v) is 4.88. The topological polar surface area (TPSA) is 109 Å². The van der Waals surface area contributed by atoms with Gasteiger partial charge in [-0.2, -0.15) is 0 Å². The Labute approximate surface area is 177 Å². The van der Waals surface area contributed by atoms with Crippen LogP contribution in [0.5, 0.6) is 0 Å². The van der Waals surface area contributed by atoms with E-state index in [-0.39, 0.29) is 18.7 Å². The van der Waals surface area contributed by atoms with Crippen LogP contribution in [-0.4, -0.2) is 35.1 Å². The van der Waals surface area contributed by atoms with E-state index < -0.39 is 23.6 Å². The van der Waals surface area contributed by atoms with Gasteiger partial charge in [-0.3, -0.25) is 24.1 Å². The molecule has 3 aromatic rings. The van der Waals surface area contributed by atoms with Gasteiger partial charge in [-0.1, -0.05) is 18.2 Å². The van der Waals surface area contributed by atoms with E-state index in [1.54, 1.807) is 48.5 Å². The molecule has 8 heteroatoms. The van der Waals surface area contributed by atoms with Gasteiger partial charge >= 0.3 is 0 Å². The molecule has 1 aliphatic rings. The summed E-state index contributed by atoms with van der Waals surface area (Å²) in [5.74, 6) is -1.51.